The second-order valence-electron chi connectivity index (χ2n) is 5.03. The molecule has 1 heterocycles. The molecular weight excluding hydrogens is 264 g/mol. The van der Waals surface area contributed by atoms with E-state index in [4.69, 9.17) is 4.74 Å². The van der Waals surface area contributed by atoms with Crippen molar-refractivity contribution in [2.45, 2.75) is 36.8 Å². The standard InChI is InChI=1S/C13H20N2O3S/c1-10-13(2,8-9-18-10)15-19(16,17)12-7-5-4-6-11(12)14-3/h4-7,10,14-15H,8-9H2,1-3H3. The minimum Gasteiger partial charge on any atom is -0.387 e. The van der Waals surface area contributed by atoms with Gasteiger partial charge in [0.2, 0.25) is 10.0 Å². The van der Waals surface area contributed by atoms with Crippen LogP contribution in [0.3, 0.4) is 0 Å². The van der Waals surface area contributed by atoms with Gasteiger partial charge in [-0.3, -0.25) is 0 Å². The lowest BCUT2D eigenvalue weighted by Gasteiger charge is -2.28. The van der Waals surface area contributed by atoms with Crippen LogP contribution >= 0.6 is 0 Å². The summed E-state index contributed by atoms with van der Waals surface area (Å²) in [5.41, 5.74) is 0.0323. The van der Waals surface area contributed by atoms with Crippen molar-refractivity contribution in [1.82, 2.24) is 4.72 Å². The molecule has 5 nitrogen and oxygen atoms in total. The van der Waals surface area contributed by atoms with Gasteiger partial charge in [-0.25, -0.2) is 13.1 Å². The summed E-state index contributed by atoms with van der Waals surface area (Å²) in [6.45, 7) is 4.34. The number of sulfonamides is 1. The molecule has 2 N–H and O–H groups in total. The fourth-order valence-corrected chi connectivity index (χ4v) is 3.95. The summed E-state index contributed by atoms with van der Waals surface area (Å²) in [6, 6.07) is 6.85. The van der Waals surface area contributed by atoms with E-state index in [1.165, 1.54) is 0 Å². The molecule has 1 aliphatic rings. The summed E-state index contributed by atoms with van der Waals surface area (Å²) in [5.74, 6) is 0. The number of rotatable bonds is 4. The average molecular weight is 284 g/mol. The third-order valence-electron chi connectivity index (χ3n) is 3.70. The van der Waals surface area contributed by atoms with Crippen molar-refractivity contribution in [3.05, 3.63) is 24.3 Å². The average Bonchev–Trinajstić information content (AvgIpc) is 2.68. The van der Waals surface area contributed by atoms with Crippen molar-refractivity contribution >= 4 is 15.7 Å². The number of hydrogen-bond acceptors (Lipinski definition) is 4. The molecule has 0 bridgehead atoms. The Bertz CT molecular complexity index is 559. The predicted octanol–water partition coefficient (Wildman–Crippen LogP) is 1.57. The molecule has 0 aromatic heterocycles. The first-order chi connectivity index (χ1) is 8.89. The molecule has 0 amide bonds. The number of para-hydroxylation sites is 1. The summed E-state index contributed by atoms with van der Waals surface area (Å²) in [6.07, 6.45) is 0.541. The highest BCUT2D eigenvalue weighted by molar-refractivity contribution is 7.89. The Morgan fingerprint density at radius 3 is 2.63 bits per heavy atom. The SMILES string of the molecule is CNc1ccccc1S(=O)(=O)NC1(C)CCOC1C. The van der Waals surface area contributed by atoms with E-state index >= 15 is 0 Å². The third-order valence-corrected chi connectivity index (χ3v) is 5.37. The summed E-state index contributed by atoms with van der Waals surface area (Å²) in [4.78, 5) is 0.262. The van der Waals surface area contributed by atoms with E-state index < -0.39 is 15.6 Å². The van der Waals surface area contributed by atoms with Crippen LogP contribution in [0, 0.1) is 0 Å². The molecule has 2 rings (SSSR count). The Kier molecular flexibility index (Phi) is 3.85. The van der Waals surface area contributed by atoms with Gasteiger partial charge >= 0.3 is 0 Å². The van der Waals surface area contributed by atoms with Crippen LogP contribution in [0.4, 0.5) is 5.69 Å². The van der Waals surface area contributed by atoms with E-state index in [-0.39, 0.29) is 11.0 Å². The van der Waals surface area contributed by atoms with Gasteiger partial charge in [0.15, 0.2) is 0 Å². The molecule has 1 saturated heterocycles. The quantitative estimate of drug-likeness (QED) is 0.881. The van der Waals surface area contributed by atoms with E-state index in [9.17, 15) is 8.42 Å². The van der Waals surface area contributed by atoms with Crippen LogP contribution in [0.15, 0.2) is 29.2 Å². The lowest BCUT2D eigenvalue weighted by molar-refractivity contribution is 0.0957. The third kappa shape index (κ3) is 2.75. The highest BCUT2D eigenvalue weighted by Crippen LogP contribution is 2.29. The van der Waals surface area contributed by atoms with Gasteiger partial charge in [-0.05, 0) is 32.4 Å². The zero-order valence-electron chi connectivity index (χ0n) is 11.4. The molecule has 0 radical (unpaired) electrons. The molecular formula is C13H20N2O3S. The molecule has 6 heteroatoms. The van der Waals surface area contributed by atoms with Crippen LogP contribution in [-0.4, -0.2) is 33.7 Å². The maximum absolute atomic E-state index is 12.5. The number of ether oxygens (including phenoxy) is 1. The largest absolute Gasteiger partial charge is 0.387 e. The Labute approximate surface area is 114 Å². The summed E-state index contributed by atoms with van der Waals surface area (Å²) in [7, 11) is -1.86. The van der Waals surface area contributed by atoms with E-state index in [0.717, 1.165) is 0 Å². The van der Waals surface area contributed by atoms with Crippen LogP contribution in [0.5, 0.6) is 0 Å². The molecule has 19 heavy (non-hydrogen) atoms. The van der Waals surface area contributed by atoms with Gasteiger partial charge in [0.05, 0.1) is 17.3 Å². The first-order valence-electron chi connectivity index (χ1n) is 6.31. The molecule has 1 aromatic carbocycles. The molecule has 2 atom stereocenters. The minimum absolute atomic E-state index is 0.135. The highest BCUT2D eigenvalue weighted by Gasteiger charge is 2.40. The Morgan fingerprint density at radius 1 is 1.37 bits per heavy atom. The van der Waals surface area contributed by atoms with Gasteiger partial charge < -0.3 is 10.1 Å². The monoisotopic (exact) mass is 284 g/mol. The smallest absolute Gasteiger partial charge is 0.243 e. The van der Waals surface area contributed by atoms with Gasteiger partial charge in [0, 0.05) is 13.7 Å². The van der Waals surface area contributed by atoms with Gasteiger partial charge in [0.25, 0.3) is 0 Å². The first-order valence-corrected chi connectivity index (χ1v) is 7.80. The highest BCUT2D eigenvalue weighted by atomic mass is 32.2. The van der Waals surface area contributed by atoms with Crippen LogP contribution < -0.4 is 10.0 Å². The maximum Gasteiger partial charge on any atom is 0.243 e. The van der Waals surface area contributed by atoms with Gasteiger partial charge in [-0.15, -0.1) is 0 Å². The summed E-state index contributed by atoms with van der Waals surface area (Å²) in [5, 5.41) is 2.90. The van der Waals surface area contributed by atoms with Gasteiger partial charge in [-0.2, -0.15) is 0 Å². The Hall–Kier alpha value is -1.11. The maximum atomic E-state index is 12.5. The van der Waals surface area contributed by atoms with Crippen LogP contribution in [0.2, 0.25) is 0 Å². The molecule has 0 aliphatic carbocycles. The second-order valence-corrected chi connectivity index (χ2v) is 6.68. The van der Waals surface area contributed by atoms with E-state index in [1.807, 2.05) is 13.8 Å². The van der Waals surface area contributed by atoms with Gasteiger partial charge in [0.1, 0.15) is 4.90 Å². The van der Waals surface area contributed by atoms with Crippen molar-refractivity contribution in [2.75, 3.05) is 19.0 Å². The van der Waals surface area contributed by atoms with E-state index in [0.29, 0.717) is 18.7 Å². The van der Waals surface area contributed by atoms with E-state index in [1.54, 1.807) is 31.3 Å². The predicted molar refractivity (Wildman–Crippen MR) is 74.7 cm³/mol. The summed E-state index contributed by atoms with van der Waals surface area (Å²) >= 11 is 0. The molecule has 1 aliphatic heterocycles. The molecule has 106 valence electrons. The molecule has 0 spiro atoms. The van der Waals surface area contributed by atoms with E-state index in [2.05, 4.69) is 10.0 Å². The summed E-state index contributed by atoms with van der Waals surface area (Å²) < 4.78 is 33.3. The Balaban J connectivity index is 2.33. The van der Waals surface area contributed by atoms with Crippen molar-refractivity contribution in [2.24, 2.45) is 0 Å². The minimum atomic E-state index is -3.57. The lowest BCUT2D eigenvalue weighted by atomic mass is 9.97. The van der Waals surface area contributed by atoms with Crippen molar-refractivity contribution in [3.8, 4) is 0 Å². The van der Waals surface area contributed by atoms with Crippen LogP contribution in [0.1, 0.15) is 20.3 Å². The molecule has 0 saturated carbocycles. The van der Waals surface area contributed by atoms with Crippen LogP contribution in [-0.2, 0) is 14.8 Å². The molecule has 2 unspecified atom stereocenters. The fraction of sp³-hybridized carbons (Fsp3) is 0.538. The number of nitrogens with one attached hydrogen (secondary N) is 2. The zero-order valence-corrected chi connectivity index (χ0v) is 12.3. The topological polar surface area (TPSA) is 67.4 Å². The zero-order chi connectivity index (χ0) is 14.1. The molecule has 1 aromatic rings. The van der Waals surface area contributed by atoms with Gasteiger partial charge in [-0.1, -0.05) is 12.1 Å². The number of benzene rings is 1. The van der Waals surface area contributed by atoms with Crippen molar-refractivity contribution in [1.29, 1.82) is 0 Å². The second kappa shape index (κ2) is 5.11. The number of anilines is 1. The first kappa shape index (κ1) is 14.3. The lowest BCUT2D eigenvalue weighted by Crippen LogP contribution is -2.50. The molecule has 1 fully saturated rings. The fourth-order valence-electron chi connectivity index (χ4n) is 2.24. The number of hydrogen-bond donors (Lipinski definition) is 2. The van der Waals surface area contributed by atoms with Crippen molar-refractivity contribution in [3.63, 3.8) is 0 Å². The van der Waals surface area contributed by atoms with Crippen LogP contribution in [0.25, 0.3) is 0 Å². The van der Waals surface area contributed by atoms with Crippen molar-refractivity contribution < 1.29 is 13.2 Å². The Morgan fingerprint density at radius 2 is 2.05 bits per heavy atom. The normalized spacial score (nSPS) is 27.4.